The molecule has 1 N–H and O–H groups in total. The number of carbonyl (C=O) groups is 3. The Kier molecular flexibility index (Phi) is 6.02. The van der Waals surface area contributed by atoms with Crippen molar-refractivity contribution in [2.45, 2.75) is 98.0 Å². The number of Topliss-reactive ketones (excluding diaryl/α,β-unsaturated/α-hetero) is 1. The van der Waals surface area contributed by atoms with Crippen molar-refractivity contribution in [3.8, 4) is 0 Å². The number of carboxylic acid groups (broad SMARTS) is 1. The molecular weight excluding hydrogens is 392 g/mol. The zero-order valence-corrected chi connectivity index (χ0v) is 19.7. The van der Waals surface area contributed by atoms with Crippen LogP contribution in [0.4, 0.5) is 0 Å². The van der Waals surface area contributed by atoms with Crippen molar-refractivity contribution < 1.29 is 24.2 Å². The Morgan fingerprint density at radius 2 is 1.87 bits per heavy atom. The number of carbonyl (C=O) groups excluding carboxylic acids is 2. The molecule has 0 radical (unpaired) electrons. The van der Waals surface area contributed by atoms with Gasteiger partial charge in [0.2, 0.25) is 0 Å². The first-order chi connectivity index (χ1) is 14.6. The predicted octanol–water partition coefficient (Wildman–Crippen LogP) is 5.26. The van der Waals surface area contributed by atoms with Gasteiger partial charge in [-0.05, 0) is 92.3 Å². The Hall–Kier alpha value is -1.39. The van der Waals surface area contributed by atoms with E-state index in [4.69, 9.17) is 9.84 Å². The van der Waals surface area contributed by atoms with Crippen molar-refractivity contribution in [3.63, 3.8) is 0 Å². The highest BCUT2D eigenvalue weighted by molar-refractivity contribution is 5.87. The van der Waals surface area contributed by atoms with Crippen LogP contribution >= 0.6 is 0 Å². The number of esters is 1. The van der Waals surface area contributed by atoms with Gasteiger partial charge in [-0.3, -0.25) is 14.4 Å². The number of rotatable bonds is 5. The van der Waals surface area contributed by atoms with E-state index in [1.807, 2.05) is 0 Å². The van der Waals surface area contributed by atoms with Crippen molar-refractivity contribution in [3.05, 3.63) is 0 Å². The van der Waals surface area contributed by atoms with Crippen molar-refractivity contribution in [2.75, 3.05) is 0 Å². The fraction of sp³-hybridized carbons (Fsp3) is 0.885. The first-order valence-electron chi connectivity index (χ1n) is 12.5. The molecule has 0 aliphatic heterocycles. The average Bonchev–Trinajstić information content (AvgIpc) is 3.06. The molecule has 4 fully saturated rings. The molecule has 5 nitrogen and oxygen atoms in total. The molecule has 9 atom stereocenters. The standard InChI is InChI=1S/C26H40O5/c1-15(5-10-24(29)30)20-8-9-21-19-7-6-17-13-18(31-16(2)27)11-12-25(17,3)22(19)14-23(28)26(20,21)4/h15,17-22H,5-14H2,1-4H3,(H,29,30)/t15-,17-,18-,19+,20+,21+,22-,25+,26-/m1/s1. The van der Waals surface area contributed by atoms with E-state index < -0.39 is 5.97 Å². The van der Waals surface area contributed by atoms with Gasteiger partial charge < -0.3 is 9.84 Å². The van der Waals surface area contributed by atoms with E-state index in [9.17, 15) is 14.4 Å². The Labute approximate surface area is 186 Å². The van der Waals surface area contributed by atoms with E-state index in [1.165, 1.54) is 19.8 Å². The highest BCUT2D eigenvalue weighted by atomic mass is 16.5. The molecule has 0 saturated heterocycles. The molecule has 4 rings (SSSR count). The lowest BCUT2D eigenvalue weighted by molar-refractivity contribution is -0.167. The van der Waals surface area contributed by atoms with Gasteiger partial charge in [0, 0.05) is 25.2 Å². The third-order valence-corrected chi connectivity index (χ3v) is 10.4. The Morgan fingerprint density at radius 3 is 2.55 bits per heavy atom. The van der Waals surface area contributed by atoms with Crippen LogP contribution in [-0.4, -0.2) is 28.9 Å². The van der Waals surface area contributed by atoms with Gasteiger partial charge in [0.25, 0.3) is 0 Å². The fourth-order valence-corrected chi connectivity index (χ4v) is 8.76. The molecule has 4 aliphatic rings. The molecule has 0 aromatic heterocycles. The molecule has 31 heavy (non-hydrogen) atoms. The van der Waals surface area contributed by atoms with Crippen molar-refractivity contribution >= 4 is 17.7 Å². The number of ketones is 1. The van der Waals surface area contributed by atoms with Crippen LogP contribution in [0.15, 0.2) is 0 Å². The summed E-state index contributed by atoms with van der Waals surface area (Å²) in [6.45, 7) is 8.29. The van der Waals surface area contributed by atoms with E-state index >= 15 is 0 Å². The maximum absolute atomic E-state index is 13.7. The van der Waals surface area contributed by atoms with Crippen molar-refractivity contribution in [1.29, 1.82) is 0 Å². The summed E-state index contributed by atoms with van der Waals surface area (Å²) < 4.78 is 5.56. The summed E-state index contributed by atoms with van der Waals surface area (Å²) in [5, 5.41) is 9.12. The van der Waals surface area contributed by atoms with Gasteiger partial charge in [0.15, 0.2) is 0 Å². The largest absolute Gasteiger partial charge is 0.481 e. The number of hydrogen-bond donors (Lipinski definition) is 1. The molecule has 0 aromatic carbocycles. The third-order valence-electron chi connectivity index (χ3n) is 10.4. The zero-order valence-electron chi connectivity index (χ0n) is 19.7. The molecule has 174 valence electrons. The smallest absolute Gasteiger partial charge is 0.303 e. The number of fused-ring (bicyclic) bond motifs is 5. The second-order valence-electron chi connectivity index (χ2n) is 11.7. The molecule has 0 amide bonds. The molecule has 0 unspecified atom stereocenters. The normalized spacial score (nSPS) is 45.2. The highest BCUT2D eigenvalue weighted by Crippen LogP contribution is 2.67. The zero-order chi connectivity index (χ0) is 22.6. The molecular formula is C26H40O5. The lowest BCUT2D eigenvalue weighted by Gasteiger charge is -2.60. The Balaban J connectivity index is 1.52. The minimum absolute atomic E-state index is 0.0441. The lowest BCUT2D eigenvalue weighted by atomic mass is 9.44. The van der Waals surface area contributed by atoms with Gasteiger partial charge in [-0.15, -0.1) is 0 Å². The molecule has 0 aromatic rings. The van der Waals surface area contributed by atoms with Crippen LogP contribution in [0.2, 0.25) is 0 Å². The second kappa shape index (κ2) is 8.19. The van der Waals surface area contributed by atoms with Crippen LogP contribution in [-0.2, 0) is 19.1 Å². The second-order valence-corrected chi connectivity index (χ2v) is 11.7. The minimum Gasteiger partial charge on any atom is -0.481 e. The summed E-state index contributed by atoms with van der Waals surface area (Å²) in [7, 11) is 0. The summed E-state index contributed by atoms with van der Waals surface area (Å²) >= 11 is 0. The van der Waals surface area contributed by atoms with Gasteiger partial charge in [-0.25, -0.2) is 0 Å². The summed E-state index contributed by atoms with van der Waals surface area (Å²) in [5.74, 6) is 2.14. The first kappa shape index (κ1) is 22.8. The summed E-state index contributed by atoms with van der Waals surface area (Å²) in [4.78, 5) is 36.3. The van der Waals surface area contributed by atoms with Crippen LogP contribution in [0, 0.1) is 46.3 Å². The van der Waals surface area contributed by atoms with E-state index in [0.29, 0.717) is 48.2 Å². The molecule has 5 heteroatoms. The monoisotopic (exact) mass is 432 g/mol. The maximum Gasteiger partial charge on any atom is 0.303 e. The number of ether oxygens (including phenoxy) is 1. The van der Waals surface area contributed by atoms with E-state index in [-0.39, 0.29) is 35.2 Å². The Morgan fingerprint density at radius 1 is 1.13 bits per heavy atom. The molecule has 0 heterocycles. The van der Waals surface area contributed by atoms with Gasteiger partial charge in [0.1, 0.15) is 11.9 Å². The number of hydrogen-bond acceptors (Lipinski definition) is 4. The number of aliphatic carboxylic acids is 1. The van der Waals surface area contributed by atoms with Gasteiger partial charge in [0.05, 0.1) is 0 Å². The van der Waals surface area contributed by atoms with E-state index in [1.54, 1.807) is 0 Å². The topological polar surface area (TPSA) is 80.7 Å². The maximum atomic E-state index is 13.7. The predicted molar refractivity (Wildman–Crippen MR) is 117 cm³/mol. The van der Waals surface area contributed by atoms with Crippen molar-refractivity contribution in [2.24, 2.45) is 46.3 Å². The summed E-state index contributed by atoms with van der Waals surface area (Å²) in [6, 6.07) is 0. The van der Waals surface area contributed by atoms with Crippen LogP contribution < -0.4 is 0 Å². The van der Waals surface area contributed by atoms with Gasteiger partial charge >= 0.3 is 11.9 Å². The minimum atomic E-state index is -0.739. The van der Waals surface area contributed by atoms with Gasteiger partial charge in [-0.2, -0.15) is 0 Å². The van der Waals surface area contributed by atoms with Gasteiger partial charge in [-0.1, -0.05) is 20.8 Å². The quantitative estimate of drug-likeness (QED) is 0.600. The Bertz CT molecular complexity index is 746. The highest BCUT2D eigenvalue weighted by Gasteiger charge is 2.64. The van der Waals surface area contributed by atoms with E-state index in [2.05, 4.69) is 20.8 Å². The molecule has 4 aliphatic carbocycles. The molecule has 0 spiro atoms. The van der Waals surface area contributed by atoms with Crippen LogP contribution in [0.1, 0.15) is 91.9 Å². The first-order valence-corrected chi connectivity index (χ1v) is 12.5. The number of carboxylic acids is 1. The van der Waals surface area contributed by atoms with Crippen molar-refractivity contribution in [1.82, 2.24) is 0 Å². The lowest BCUT2D eigenvalue weighted by Crippen LogP contribution is -2.57. The van der Waals surface area contributed by atoms with Crippen LogP contribution in [0.5, 0.6) is 0 Å². The molecule has 4 saturated carbocycles. The summed E-state index contributed by atoms with van der Waals surface area (Å²) in [6.07, 6.45) is 9.04. The van der Waals surface area contributed by atoms with Crippen LogP contribution in [0.3, 0.4) is 0 Å². The fourth-order valence-electron chi connectivity index (χ4n) is 8.76. The molecule has 0 bridgehead atoms. The van der Waals surface area contributed by atoms with Crippen LogP contribution in [0.25, 0.3) is 0 Å². The average molecular weight is 433 g/mol. The van der Waals surface area contributed by atoms with E-state index in [0.717, 1.165) is 32.1 Å². The third kappa shape index (κ3) is 3.74. The SMILES string of the molecule is CC(=O)O[C@@H]1CC[C@@]2(C)[C@H](CC[C@@H]3[C@H]2CC(=O)[C@@]2(C)[C@H]3CC[C@H]2[C@H](C)CCC(=O)O)C1. The summed E-state index contributed by atoms with van der Waals surface area (Å²) in [5.41, 5.74) is -0.110.